The number of rotatable bonds is 4. The highest BCUT2D eigenvalue weighted by atomic mass is 79.9. The lowest BCUT2D eigenvalue weighted by atomic mass is 10.2. The van der Waals surface area contributed by atoms with E-state index in [-0.39, 0.29) is 5.75 Å². The Labute approximate surface area is 135 Å². The maximum Gasteiger partial charge on any atom is 0.143 e. The molecule has 2 aromatic rings. The Balaban J connectivity index is 2.20. The minimum atomic E-state index is 0.220. The van der Waals surface area contributed by atoms with E-state index in [0.29, 0.717) is 8.95 Å². The highest BCUT2D eigenvalue weighted by Crippen LogP contribution is 2.34. The van der Waals surface area contributed by atoms with Crippen LogP contribution in [0.1, 0.15) is 5.56 Å². The molecule has 0 fully saturated rings. The summed E-state index contributed by atoms with van der Waals surface area (Å²) in [5, 5.41) is 9.73. The lowest BCUT2D eigenvalue weighted by Gasteiger charge is -2.20. The second kappa shape index (κ2) is 6.50. The van der Waals surface area contributed by atoms with Crippen molar-refractivity contribution in [2.45, 2.75) is 6.54 Å². The van der Waals surface area contributed by atoms with E-state index in [4.69, 9.17) is 4.74 Å². The minimum Gasteiger partial charge on any atom is -0.506 e. The molecule has 0 heterocycles. The fraction of sp³-hybridized carbons (Fsp3) is 0.200. The average molecular weight is 401 g/mol. The van der Waals surface area contributed by atoms with E-state index in [9.17, 15) is 5.11 Å². The first kappa shape index (κ1) is 15.2. The summed E-state index contributed by atoms with van der Waals surface area (Å²) in [6, 6.07) is 11.7. The van der Waals surface area contributed by atoms with Gasteiger partial charge < -0.3 is 14.7 Å². The van der Waals surface area contributed by atoms with Crippen LogP contribution in [0.25, 0.3) is 0 Å². The van der Waals surface area contributed by atoms with Crippen LogP contribution in [0.4, 0.5) is 5.69 Å². The van der Waals surface area contributed by atoms with E-state index in [1.165, 1.54) is 0 Å². The molecule has 1 N–H and O–H groups in total. The molecule has 0 aliphatic rings. The van der Waals surface area contributed by atoms with E-state index in [1.54, 1.807) is 7.11 Å². The largest absolute Gasteiger partial charge is 0.506 e. The van der Waals surface area contributed by atoms with Crippen LogP contribution in [0.2, 0.25) is 0 Å². The summed E-state index contributed by atoms with van der Waals surface area (Å²) < 4.78 is 6.60. The third-order valence-electron chi connectivity index (χ3n) is 2.99. The van der Waals surface area contributed by atoms with Gasteiger partial charge in [0.2, 0.25) is 0 Å². The molecule has 0 aliphatic carbocycles. The molecule has 0 atom stereocenters. The first-order valence-corrected chi connectivity index (χ1v) is 7.62. The Bertz CT molecular complexity index is 594. The maximum absolute atomic E-state index is 9.73. The van der Waals surface area contributed by atoms with Gasteiger partial charge in [-0.1, -0.05) is 6.07 Å². The van der Waals surface area contributed by atoms with Gasteiger partial charge in [-0.15, -0.1) is 0 Å². The summed E-state index contributed by atoms with van der Waals surface area (Å²) in [4.78, 5) is 2.12. The highest BCUT2D eigenvalue weighted by Gasteiger charge is 2.09. The summed E-state index contributed by atoms with van der Waals surface area (Å²) in [6.07, 6.45) is 0. The van der Waals surface area contributed by atoms with Crippen molar-refractivity contribution in [2.24, 2.45) is 0 Å². The Kier molecular flexibility index (Phi) is 4.94. The molecule has 0 aromatic heterocycles. The third-order valence-corrected chi connectivity index (χ3v) is 4.20. The van der Waals surface area contributed by atoms with Crippen LogP contribution in [0.15, 0.2) is 45.3 Å². The van der Waals surface area contributed by atoms with Crippen molar-refractivity contribution < 1.29 is 9.84 Å². The van der Waals surface area contributed by atoms with Crippen LogP contribution in [0, 0.1) is 0 Å². The van der Waals surface area contributed by atoms with Crippen LogP contribution in [0.5, 0.6) is 11.5 Å². The zero-order chi connectivity index (χ0) is 14.7. The van der Waals surface area contributed by atoms with Gasteiger partial charge in [-0.3, -0.25) is 0 Å². The quantitative estimate of drug-likeness (QED) is 0.816. The van der Waals surface area contributed by atoms with Crippen LogP contribution in [-0.4, -0.2) is 19.3 Å². The van der Waals surface area contributed by atoms with Crippen molar-refractivity contribution >= 4 is 37.5 Å². The normalized spacial score (nSPS) is 10.4. The fourth-order valence-corrected chi connectivity index (χ4v) is 3.20. The van der Waals surface area contributed by atoms with Crippen LogP contribution >= 0.6 is 31.9 Å². The van der Waals surface area contributed by atoms with Crippen molar-refractivity contribution in [1.29, 1.82) is 0 Å². The molecule has 0 bridgehead atoms. The molecule has 0 aliphatic heterocycles. The fourth-order valence-electron chi connectivity index (χ4n) is 1.92. The van der Waals surface area contributed by atoms with Gasteiger partial charge >= 0.3 is 0 Å². The van der Waals surface area contributed by atoms with E-state index < -0.39 is 0 Å². The second-order valence-electron chi connectivity index (χ2n) is 4.47. The lowest BCUT2D eigenvalue weighted by molar-refractivity contribution is 0.415. The number of nitrogens with zero attached hydrogens (tertiary/aromatic N) is 1. The van der Waals surface area contributed by atoms with Crippen molar-refractivity contribution in [3.05, 3.63) is 50.9 Å². The number of benzene rings is 2. The van der Waals surface area contributed by atoms with Gasteiger partial charge in [0.15, 0.2) is 0 Å². The number of hydrogen-bond acceptors (Lipinski definition) is 3. The number of ether oxygens (including phenoxy) is 1. The Morgan fingerprint density at radius 2 is 1.80 bits per heavy atom. The lowest BCUT2D eigenvalue weighted by Crippen LogP contribution is -2.16. The first-order chi connectivity index (χ1) is 9.51. The van der Waals surface area contributed by atoms with E-state index >= 15 is 0 Å². The number of phenolic OH excluding ortho intramolecular Hbond substituents is 1. The molecular formula is C15H15Br2NO2. The van der Waals surface area contributed by atoms with Crippen molar-refractivity contribution in [2.75, 3.05) is 19.1 Å². The van der Waals surface area contributed by atoms with Gasteiger partial charge in [-0.25, -0.2) is 0 Å². The van der Waals surface area contributed by atoms with Crippen LogP contribution in [-0.2, 0) is 6.54 Å². The molecule has 0 unspecified atom stereocenters. The van der Waals surface area contributed by atoms with Gasteiger partial charge in [0.25, 0.3) is 0 Å². The second-order valence-corrected chi connectivity index (χ2v) is 6.17. The maximum atomic E-state index is 9.73. The smallest absolute Gasteiger partial charge is 0.143 e. The molecule has 5 heteroatoms. The highest BCUT2D eigenvalue weighted by molar-refractivity contribution is 9.11. The summed E-state index contributed by atoms with van der Waals surface area (Å²) >= 11 is 6.69. The molecule has 0 radical (unpaired) electrons. The summed E-state index contributed by atoms with van der Waals surface area (Å²) in [5.74, 6) is 1.06. The monoisotopic (exact) mass is 399 g/mol. The summed E-state index contributed by atoms with van der Waals surface area (Å²) in [5.41, 5.74) is 2.16. The number of halogens is 2. The molecule has 3 nitrogen and oxygen atoms in total. The number of hydrogen-bond donors (Lipinski definition) is 1. The van der Waals surface area contributed by atoms with E-state index in [1.807, 2.05) is 43.4 Å². The zero-order valence-corrected chi connectivity index (χ0v) is 14.4. The third kappa shape index (κ3) is 3.46. The number of aromatic hydroxyl groups is 1. The Morgan fingerprint density at radius 3 is 2.40 bits per heavy atom. The molecule has 20 heavy (non-hydrogen) atoms. The van der Waals surface area contributed by atoms with Gasteiger partial charge in [-0.2, -0.15) is 0 Å². The SMILES string of the molecule is COc1cccc(N(C)Cc2cc(Br)c(O)c(Br)c2)c1. The minimum absolute atomic E-state index is 0.220. The zero-order valence-electron chi connectivity index (χ0n) is 11.2. The summed E-state index contributed by atoms with van der Waals surface area (Å²) in [6.45, 7) is 0.727. The van der Waals surface area contributed by atoms with E-state index in [2.05, 4.69) is 36.8 Å². The van der Waals surface area contributed by atoms with Gasteiger partial charge in [0.05, 0.1) is 16.1 Å². The van der Waals surface area contributed by atoms with Crippen LogP contribution in [0.3, 0.4) is 0 Å². The number of methoxy groups -OCH3 is 1. The summed E-state index contributed by atoms with van der Waals surface area (Å²) in [7, 11) is 3.68. The molecule has 0 spiro atoms. The molecule has 0 saturated heterocycles. The standard InChI is InChI=1S/C15H15Br2NO2/c1-18(11-4-3-5-12(8-11)20-2)9-10-6-13(16)15(19)14(17)7-10/h3-8,19H,9H2,1-2H3. The Hall–Kier alpha value is -1.20. The van der Waals surface area contributed by atoms with Crippen molar-refractivity contribution in [3.8, 4) is 11.5 Å². The van der Waals surface area contributed by atoms with E-state index in [0.717, 1.165) is 23.5 Å². The molecular weight excluding hydrogens is 386 g/mol. The molecule has 2 rings (SSSR count). The van der Waals surface area contributed by atoms with Gasteiger partial charge in [0, 0.05) is 25.3 Å². The van der Waals surface area contributed by atoms with Crippen molar-refractivity contribution in [3.63, 3.8) is 0 Å². The molecule has 0 saturated carbocycles. The predicted octanol–water partition coefficient (Wildman–Crippen LogP) is 4.56. The van der Waals surface area contributed by atoms with Gasteiger partial charge in [-0.05, 0) is 61.7 Å². The average Bonchev–Trinajstić information content (AvgIpc) is 2.44. The Morgan fingerprint density at radius 1 is 1.15 bits per heavy atom. The number of anilines is 1. The van der Waals surface area contributed by atoms with Crippen LogP contribution < -0.4 is 9.64 Å². The molecule has 106 valence electrons. The first-order valence-electron chi connectivity index (χ1n) is 6.03. The molecule has 0 amide bonds. The predicted molar refractivity (Wildman–Crippen MR) is 88.6 cm³/mol. The topological polar surface area (TPSA) is 32.7 Å². The number of phenols is 1. The molecule has 2 aromatic carbocycles. The van der Waals surface area contributed by atoms with Crippen molar-refractivity contribution in [1.82, 2.24) is 0 Å². The van der Waals surface area contributed by atoms with Gasteiger partial charge in [0.1, 0.15) is 11.5 Å².